The van der Waals surface area contributed by atoms with Crippen molar-refractivity contribution < 1.29 is 18.3 Å². The minimum absolute atomic E-state index is 0.0461. The monoisotopic (exact) mass is 454 g/mol. The van der Waals surface area contributed by atoms with Gasteiger partial charge in [0.1, 0.15) is 10.6 Å². The second kappa shape index (κ2) is 7.63. The quantitative estimate of drug-likeness (QED) is 0.663. The number of rotatable bonds is 4. The Morgan fingerprint density at radius 2 is 1.93 bits per heavy atom. The van der Waals surface area contributed by atoms with E-state index in [0.29, 0.717) is 12.0 Å². The third-order valence-electron chi connectivity index (χ3n) is 4.91. The molecule has 0 fully saturated rings. The number of carbonyl (C=O) groups is 1. The van der Waals surface area contributed by atoms with Crippen LogP contribution in [-0.4, -0.2) is 24.4 Å². The number of anilines is 1. The van der Waals surface area contributed by atoms with Crippen molar-refractivity contribution in [2.24, 2.45) is 0 Å². The highest BCUT2D eigenvalue weighted by Crippen LogP contribution is 2.50. The van der Waals surface area contributed by atoms with Gasteiger partial charge < -0.3 is 10.4 Å². The molecule has 1 aromatic carbocycles. The van der Waals surface area contributed by atoms with Crippen molar-refractivity contribution >= 4 is 55.3 Å². The molecule has 1 aliphatic heterocycles. The zero-order chi connectivity index (χ0) is 21.6. The van der Waals surface area contributed by atoms with E-state index in [2.05, 4.69) is 10.3 Å². The minimum atomic E-state index is -4.06. The first kappa shape index (κ1) is 21.6. The molecule has 3 rings (SSSR count). The average Bonchev–Trinajstić information content (AvgIpc) is 2.66. The zero-order valence-electron chi connectivity index (χ0n) is 16.1. The lowest BCUT2D eigenvalue weighted by atomic mass is 9.98. The molecule has 0 radical (unpaired) electrons. The molecule has 29 heavy (non-hydrogen) atoms. The average molecular weight is 455 g/mol. The summed E-state index contributed by atoms with van der Waals surface area (Å²) in [7, 11) is -4.06. The lowest BCUT2D eigenvalue weighted by Crippen LogP contribution is -2.35. The summed E-state index contributed by atoms with van der Waals surface area (Å²) < 4.78 is 25.6. The summed E-state index contributed by atoms with van der Waals surface area (Å²) in [5, 5.41) is 13.6. The molecular formula is C20H20Cl2N2O4S. The van der Waals surface area contributed by atoms with E-state index in [9.17, 15) is 18.3 Å². The van der Waals surface area contributed by atoms with Crippen molar-refractivity contribution in [3.8, 4) is 0 Å². The Hall–Kier alpha value is -2.09. The number of nitrogens with zero attached hydrogens (tertiary/aromatic N) is 1. The van der Waals surface area contributed by atoms with Gasteiger partial charge in [-0.1, -0.05) is 42.3 Å². The third-order valence-corrected chi connectivity index (χ3v) is 8.14. The van der Waals surface area contributed by atoms with Gasteiger partial charge in [-0.2, -0.15) is 0 Å². The Balaban J connectivity index is 2.29. The molecule has 0 aliphatic carbocycles. The Morgan fingerprint density at radius 1 is 1.24 bits per heavy atom. The second-order valence-electron chi connectivity index (χ2n) is 7.17. The molecule has 1 amide bonds. The smallest absolute Gasteiger partial charge is 0.224 e. The molecule has 0 bridgehead atoms. The first-order valence-electron chi connectivity index (χ1n) is 8.96. The summed E-state index contributed by atoms with van der Waals surface area (Å²) in [6, 6.07) is 6.08. The van der Waals surface area contributed by atoms with Crippen molar-refractivity contribution in [2.45, 2.75) is 38.4 Å². The van der Waals surface area contributed by atoms with Crippen LogP contribution in [0.4, 0.5) is 5.69 Å². The predicted octanol–water partition coefficient (Wildman–Crippen LogP) is 5.17. The maximum absolute atomic E-state index is 13.5. The lowest BCUT2D eigenvalue weighted by Gasteiger charge is -2.33. The van der Waals surface area contributed by atoms with Crippen LogP contribution in [0.2, 0.25) is 10.0 Å². The van der Waals surface area contributed by atoms with E-state index in [1.165, 1.54) is 18.3 Å². The number of fused-ring (bicyclic) bond motifs is 1. The molecule has 2 N–H and O–H groups in total. The summed E-state index contributed by atoms with van der Waals surface area (Å²) in [4.78, 5) is 15.9. The zero-order valence-corrected chi connectivity index (χ0v) is 18.4. The number of pyridine rings is 1. The molecule has 0 saturated carbocycles. The summed E-state index contributed by atoms with van der Waals surface area (Å²) in [5.41, 5.74) is 0.710. The van der Waals surface area contributed by atoms with Gasteiger partial charge in [0.2, 0.25) is 5.91 Å². The summed E-state index contributed by atoms with van der Waals surface area (Å²) in [6.45, 7) is 4.94. The molecule has 0 atom stereocenters. The van der Waals surface area contributed by atoms with E-state index in [0.717, 1.165) is 0 Å². The fourth-order valence-electron chi connectivity index (χ4n) is 3.26. The Bertz CT molecular complexity index is 1140. The second-order valence-corrected chi connectivity index (χ2v) is 10.4. The van der Waals surface area contributed by atoms with Gasteiger partial charge in [-0.3, -0.25) is 9.78 Å². The Labute approximate surface area is 179 Å². The lowest BCUT2D eigenvalue weighted by molar-refractivity contribution is -0.116. The molecule has 9 heteroatoms. The standard InChI is InChI=1S/C20H20Cl2N2O4S/c1-4-6-14(25)24-17-13(21)9-8-11(15(17)22)19-18(26)16-12(7-5-10-23-16)20(2,3)29(19,27)28/h5,7-10,26H,4,6H2,1-3H3,(H,24,25). The van der Waals surface area contributed by atoms with E-state index in [1.54, 1.807) is 26.0 Å². The van der Waals surface area contributed by atoms with Crippen molar-refractivity contribution in [2.75, 3.05) is 5.32 Å². The van der Waals surface area contributed by atoms with Crippen LogP contribution in [0.3, 0.4) is 0 Å². The normalized spacial score (nSPS) is 17.0. The minimum Gasteiger partial charge on any atom is -0.504 e. The molecule has 154 valence electrons. The summed E-state index contributed by atoms with van der Waals surface area (Å²) in [5.74, 6) is -0.791. The number of hydrogen-bond acceptors (Lipinski definition) is 5. The number of nitrogens with one attached hydrogen (secondary N) is 1. The van der Waals surface area contributed by atoms with Gasteiger partial charge in [0.25, 0.3) is 0 Å². The molecule has 0 saturated heterocycles. The number of hydrogen-bond donors (Lipinski definition) is 2. The number of benzene rings is 1. The predicted molar refractivity (Wildman–Crippen MR) is 116 cm³/mol. The van der Waals surface area contributed by atoms with Crippen LogP contribution in [0.15, 0.2) is 30.5 Å². The molecule has 2 aromatic rings. The molecule has 6 nitrogen and oxygen atoms in total. The van der Waals surface area contributed by atoms with E-state index in [1.807, 2.05) is 6.92 Å². The van der Waals surface area contributed by atoms with Crippen LogP contribution in [0, 0.1) is 0 Å². The van der Waals surface area contributed by atoms with E-state index in [-0.39, 0.29) is 44.2 Å². The maximum atomic E-state index is 13.5. The largest absolute Gasteiger partial charge is 0.504 e. The Kier molecular flexibility index (Phi) is 5.69. The van der Waals surface area contributed by atoms with Crippen molar-refractivity contribution in [3.63, 3.8) is 0 Å². The van der Waals surface area contributed by atoms with Crippen molar-refractivity contribution in [1.82, 2.24) is 4.98 Å². The highest BCUT2D eigenvalue weighted by molar-refractivity contribution is 8.01. The van der Waals surface area contributed by atoms with Crippen LogP contribution < -0.4 is 5.32 Å². The number of halogens is 2. The Morgan fingerprint density at radius 3 is 2.59 bits per heavy atom. The van der Waals surface area contributed by atoms with E-state index < -0.39 is 20.3 Å². The first-order valence-corrected chi connectivity index (χ1v) is 11.2. The van der Waals surface area contributed by atoms with Crippen molar-refractivity contribution in [3.05, 3.63) is 57.3 Å². The molecular weight excluding hydrogens is 435 g/mol. The number of aliphatic hydroxyl groups excluding tert-OH is 1. The highest BCUT2D eigenvalue weighted by atomic mass is 35.5. The first-order chi connectivity index (χ1) is 13.5. The van der Waals surface area contributed by atoms with Crippen LogP contribution in [0.25, 0.3) is 10.7 Å². The molecule has 1 aromatic heterocycles. The van der Waals surface area contributed by atoms with Gasteiger partial charge >= 0.3 is 0 Å². The SMILES string of the molecule is CCCC(=O)Nc1c(Cl)ccc(C2=C(O)c3ncccc3C(C)(C)S2(=O)=O)c1Cl. The van der Waals surface area contributed by atoms with Crippen LogP contribution in [0.1, 0.15) is 50.4 Å². The van der Waals surface area contributed by atoms with Gasteiger partial charge in [0.15, 0.2) is 15.6 Å². The maximum Gasteiger partial charge on any atom is 0.224 e. The van der Waals surface area contributed by atoms with Gasteiger partial charge in [0.05, 0.1) is 20.5 Å². The van der Waals surface area contributed by atoms with E-state index >= 15 is 0 Å². The number of aromatic nitrogens is 1. The van der Waals surface area contributed by atoms with Gasteiger partial charge in [0, 0.05) is 23.7 Å². The fraction of sp³-hybridized carbons (Fsp3) is 0.300. The molecule has 2 heterocycles. The van der Waals surface area contributed by atoms with E-state index in [4.69, 9.17) is 23.2 Å². The van der Waals surface area contributed by atoms with Crippen LogP contribution >= 0.6 is 23.2 Å². The fourth-order valence-corrected chi connectivity index (χ4v) is 5.65. The number of sulfone groups is 1. The highest BCUT2D eigenvalue weighted by Gasteiger charge is 2.48. The topological polar surface area (TPSA) is 96.4 Å². The summed E-state index contributed by atoms with van der Waals surface area (Å²) in [6.07, 6.45) is 2.35. The van der Waals surface area contributed by atoms with Crippen molar-refractivity contribution in [1.29, 1.82) is 0 Å². The third kappa shape index (κ3) is 3.41. The number of amides is 1. The van der Waals surface area contributed by atoms with Crippen LogP contribution in [0.5, 0.6) is 0 Å². The number of aliphatic hydroxyl groups is 1. The van der Waals surface area contributed by atoms with Gasteiger partial charge in [-0.05, 0) is 32.4 Å². The molecule has 0 spiro atoms. The number of carbonyl (C=O) groups excluding carboxylic acids is 1. The van der Waals surface area contributed by atoms with Gasteiger partial charge in [-0.15, -0.1) is 0 Å². The van der Waals surface area contributed by atoms with Gasteiger partial charge in [-0.25, -0.2) is 8.42 Å². The van der Waals surface area contributed by atoms with Crippen LogP contribution in [-0.2, 0) is 19.4 Å². The summed E-state index contributed by atoms with van der Waals surface area (Å²) >= 11 is 12.7. The molecule has 1 aliphatic rings. The molecule has 0 unspecified atom stereocenters.